The molecular weight excluding hydrogens is 362 g/mol. The summed E-state index contributed by atoms with van der Waals surface area (Å²) in [7, 11) is 0. The number of hydrogen-bond acceptors (Lipinski definition) is 4. The van der Waals surface area contributed by atoms with Gasteiger partial charge >= 0.3 is 0 Å². The van der Waals surface area contributed by atoms with E-state index in [0.717, 1.165) is 71.8 Å². The van der Waals surface area contributed by atoms with Crippen molar-refractivity contribution < 1.29 is 4.79 Å². The molecule has 4 rings (SSSR count). The first kappa shape index (κ1) is 19.1. The summed E-state index contributed by atoms with van der Waals surface area (Å²) in [6.07, 6.45) is 8.35. The van der Waals surface area contributed by atoms with Crippen molar-refractivity contribution in [1.29, 1.82) is 0 Å². The lowest BCUT2D eigenvalue weighted by atomic mass is 10.1. The van der Waals surface area contributed by atoms with Crippen LogP contribution in [0, 0.1) is 0 Å². The summed E-state index contributed by atoms with van der Waals surface area (Å²) in [4.78, 5) is 24.5. The van der Waals surface area contributed by atoms with Gasteiger partial charge in [0.2, 0.25) is 0 Å². The maximum absolute atomic E-state index is 12.0. The van der Waals surface area contributed by atoms with Gasteiger partial charge in [-0.25, -0.2) is 0 Å². The normalized spacial score (nSPS) is 13.0. The summed E-state index contributed by atoms with van der Waals surface area (Å²) in [6.45, 7) is 6.17. The molecule has 6 heteroatoms. The molecule has 0 bridgehead atoms. The first-order chi connectivity index (χ1) is 14.2. The highest BCUT2D eigenvalue weighted by Crippen LogP contribution is 2.27. The number of aryl methyl sites for hydroxylation is 1. The summed E-state index contributed by atoms with van der Waals surface area (Å²) in [5.74, 6) is -0.0116. The van der Waals surface area contributed by atoms with Crippen LogP contribution in [0.4, 0.5) is 0 Å². The van der Waals surface area contributed by atoms with Gasteiger partial charge in [-0.15, -0.1) is 6.58 Å². The molecule has 1 amide bonds. The number of nitrogens with zero attached hydrogens (tertiary/aromatic N) is 2. The van der Waals surface area contributed by atoms with E-state index in [2.05, 4.69) is 44.3 Å². The van der Waals surface area contributed by atoms with Crippen LogP contribution in [0.5, 0.6) is 0 Å². The van der Waals surface area contributed by atoms with E-state index in [-0.39, 0.29) is 5.91 Å². The minimum absolute atomic E-state index is 0.0116. The van der Waals surface area contributed by atoms with Crippen molar-refractivity contribution >= 4 is 5.91 Å². The van der Waals surface area contributed by atoms with Gasteiger partial charge in [-0.2, -0.15) is 0 Å². The number of pyridine rings is 2. The Kier molecular flexibility index (Phi) is 5.81. The molecule has 6 nitrogen and oxygen atoms in total. The highest BCUT2D eigenvalue weighted by Gasteiger charge is 2.20. The SMILES string of the molecule is C=CCNCCCc1ccc(-c2cc(-c3cc4c([nH]3)CCNC4=O)ccn2)cn1. The smallest absolute Gasteiger partial charge is 0.253 e. The number of H-pyrrole nitrogens is 1. The van der Waals surface area contributed by atoms with Crippen LogP contribution in [0.15, 0.2) is 55.4 Å². The zero-order chi connectivity index (χ0) is 20.1. The minimum Gasteiger partial charge on any atom is -0.358 e. The molecule has 1 aliphatic heterocycles. The van der Waals surface area contributed by atoms with Crippen LogP contribution in [-0.2, 0) is 12.8 Å². The van der Waals surface area contributed by atoms with E-state index in [1.165, 1.54) is 0 Å². The number of hydrogen-bond donors (Lipinski definition) is 3. The van der Waals surface area contributed by atoms with Crippen molar-refractivity contribution in [3.63, 3.8) is 0 Å². The number of fused-ring (bicyclic) bond motifs is 1. The fraction of sp³-hybridized carbons (Fsp3) is 0.261. The number of rotatable bonds is 8. The Labute approximate surface area is 170 Å². The third kappa shape index (κ3) is 4.43. The van der Waals surface area contributed by atoms with Gasteiger partial charge in [-0.05, 0) is 49.7 Å². The Balaban J connectivity index is 1.47. The zero-order valence-corrected chi connectivity index (χ0v) is 16.4. The number of aromatic amines is 1. The van der Waals surface area contributed by atoms with E-state index >= 15 is 0 Å². The highest BCUT2D eigenvalue weighted by molar-refractivity contribution is 5.97. The summed E-state index contributed by atoms with van der Waals surface area (Å²) in [5.41, 5.74) is 6.60. The van der Waals surface area contributed by atoms with Crippen LogP contribution in [0.1, 0.15) is 28.2 Å². The van der Waals surface area contributed by atoms with Gasteiger partial charge in [0, 0.05) is 60.1 Å². The second-order valence-electron chi connectivity index (χ2n) is 7.15. The molecule has 0 atom stereocenters. The molecule has 1 aliphatic rings. The number of amides is 1. The van der Waals surface area contributed by atoms with Crippen molar-refractivity contribution in [1.82, 2.24) is 25.6 Å². The number of aromatic nitrogens is 3. The zero-order valence-electron chi connectivity index (χ0n) is 16.4. The summed E-state index contributed by atoms with van der Waals surface area (Å²) >= 11 is 0. The number of carbonyl (C=O) groups excluding carboxylic acids is 1. The van der Waals surface area contributed by atoms with Crippen molar-refractivity contribution in [3.8, 4) is 22.5 Å². The van der Waals surface area contributed by atoms with Gasteiger partial charge in [0.25, 0.3) is 5.91 Å². The molecule has 0 fully saturated rings. The second kappa shape index (κ2) is 8.84. The fourth-order valence-corrected chi connectivity index (χ4v) is 3.53. The topological polar surface area (TPSA) is 82.7 Å². The van der Waals surface area contributed by atoms with Gasteiger partial charge in [-0.3, -0.25) is 14.8 Å². The minimum atomic E-state index is -0.0116. The lowest BCUT2D eigenvalue weighted by Crippen LogP contribution is -2.31. The maximum Gasteiger partial charge on any atom is 0.253 e. The first-order valence-electron chi connectivity index (χ1n) is 9.98. The Hall–Kier alpha value is -3.25. The molecule has 0 aromatic carbocycles. The van der Waals surface area contributed by atoms with Crippen LogP contribution in [0.2, 0.25) is 0 Å². The van der Waals surface area contributed by atoms with Crippen LogP contribution in [-0.4, -0.2) is 40.5 Å². The van der Waals surface area contributed by atoms with Crippen molar-refractivity contribution in [2.24, 2.45) is 0 Å². The molecule has 0 unspecified atom stereocenters. The third-order valence-corrected chi connectivity index (χ3v) is 5.07. The van der Waals surface area contributed by atoms with Crippen LogP contribution in [0.25, 0.3) is 22.5 Å². The van der Waals surface area contributed by atoms with Gasteiger partial charge < -0.3 is 15.6 Å². The summed E-state index contributed by atoms with van der Waals surface area (Å²) < 4.78 is 0. The summed E-state index contributed by atoms with van der Waals surface area (Å²) in [6, 6.07) is 10.0. The predicted molar refractivity (Wildman–Crippen MR) is 115 cm³/mol. The van der Waals surface area contributed by atoms with Crippen molar-refractivity contribution in [2.45, 2.75) is 19.3 Å². The van der Waals surface area contributed by atoms with E-state index in [4.69, 9.17) is 0 Å². The molecule has 29 heavy (non-hydrogen) atoms. The number of carbonyl (C=O) groups is 1. The van der Waals surface area contributed by atoms with Gasteiger partial charge in [0.05, 0.1) is 11.3 Å². The van der Waals surface area contributed by atoms with Crippen LogP contribution < -0.4 is 10.6 Å². The average molecular weight is 387 g/mol. The van der Waals surface area contributed by atoms with E-state index in [0.29, 0.717) is 6.54 Å². The van der Waals surface area contributed by atoms with E-state index < -0.39 is 0 Å². The lowest BCUT2D eigenvalue weighted by Gasteiger charge is -2.10. The molecule has 148 valence electrons. The van der Waals surface area contributed by atoms with E-state index in [9.17, 15) is 4.79 Å². The molecule has 0 spiro atoms. The molecule has 3 aromatic heterocycles. The molecule has 0 saturated heterocycles. The van der Waals surface area contributed by atoms with E-state index in [1.54, 1.807) is 6.20 Å². The molecular formula is C23H25N5O. The molecule has 3 aromatic rings. The lowest BCUT2D eigenvalue weighted by molar-refractivity contribution is 0.0946. The van der Waals surface area contributed by atoms with Crippen LogP contribution >= 0.6 is 0 Å². The monoisotopic (exact) mass is 387 g/mol. The van der Waals surface area contributed by atoms with Crippen molar-refractivity contribution in [2.75, 3.05) is 19.6 Å². The fourth-order valence-electron chi connectivity index (χ4n) is 3.53. The first-order valence-corrected chi connectivity index (χ1v) is 9.98. The largest absolute Gasteiger partial charge is 0.358 e. The van der Waals surface area contributed by atoms with Crippen molar-refractivity contribution in [3.05, 3.63) is 72.3 Å². The van der Waals surface area contributed by atoms with Gasteiger partial charge in [-0.1, -0.05) is 6.08 Å². The summed E-state index contributed by atoms with van der Waals surface area (Å²) in [5, 5.41) is 6.18. The highest BCUT2D eigenvalue weighted by atomic mass is 16.1. The van der Waals surface area contributed by atoms with E-state index in [1.807, 2.05) is 30.5 Å². The Morgan fingerprint density at radius 2 is 2.10 bits per heavy atom. The third-order valence-electron chi connectivity index (χ3n) is 5.07. The Morgan fingerprint density at radius 1 is 1.17 bits per heavy atom. The maximum atomic E-state index is 12.0. The molecule has 4 heterocycles. The molecule has 0 radical (unpaired) electrons. The Morgan fingerprint density at radius 3 is 2.90 bits per heavy atom. The standard InChI is InChI=1S/C23H25N5O/c1-2-9-24-10-3-4-18-6-5-17(15-27-18)21-13-16(7-11-25-21)22-14-19-20(28-22)8-12-26-23(19)29/h2,5-7,11,13-15,24,28H,1,3-4,8-10,12H2,(H,26,29). The second-order valence-corrected chi connectivity index (χ2v) is 7.15. The van der Waals surface area contributed by atoms with Gasteiger partial charge in [0.15, 0.2) is 0 Å². The number of nitrogens with one attached hydrogen (secondary N) is 3. The predicted octanol–water partition coefficient (Wildman–Crippen LogP) is 3.13. The molecule has 3 N–H and O–H groups in total. The quantitative estimate of drug-likeness (QED) is 0.410. The average Bonchev–Trinajstić information content (AvgIpc) is 3.20. The Bertz CT molecular complexity index is 1010. The van der Waals surface area contributed by atoms with Crippen LogP contribution in [0.3, 0.4) is 0 Å². The van der Waals surface area contributed by atoms with Gasteiger partial charge in [0.1, 0.15) is 0 Å². The molecule has 0 saturated carbocycles. The molecule has 0 aliphatic carbocycles.